The van der Waals surface area contributed by atoms with Crippen molar-refractivity contribution in [2.75, 3.05) is 33.7 Å². The predicted octanol–water partition coefficient (Wildman–Crippen LogP) is 4.38. The zero-order valence-electron chi connectivity index (χ0n) is 19.5. The second kappa shape index (κ2) is 10.8. The molecule has 0 unspecified atom stereocenters. The van der Waals surface area contributed by atoms with Crippen LogP contribution in [0.3, 0.4) is 0 Å². The van der Waals surface area contributed by atoms with E-state index in [0.717, 1.165) is 17.5 Å². The molecule has 6 heteroatoms. The van der Waals surface area contributed by atoms with E-state index in [1.165, 1.54) is 15.8 Å². The topological polar surface area (TPSA) is 59.7 Å². The van der Waals surface area contributed by atoms with Crippen LogP contribution >= 0.6 is 0 Å². The summed E-state index contributed by atoms with van der Waals surface area (Å²) < 4.78 is 0. The normalized spacial score (nSPS) is 11.0. The number of amides is 3. The number of fused-ring (bicyclic) bond motifs is 1. The summed E-state index contributed by atoms with van der Waals surface area (Å²) in [6.45, 7) is 5.84. The summed E-state index contributed by atoms with van der Waals surface area (Å²) in [7, 11) is 3.44. The van der Waals surface area contributed by atoms with Crippen LogP contribution in [0.1, 0.15) is 25.0 Å². The first-order chi connectivity index (χ1) is 15.3. The standard InChI is InChI=1S/C26H34N4O2/c1-20(2)17-30(26(32)28(3)4)19-25(31)29(18-21-10-6-5-7-11-21)15-14-22-16-27-24-13-9-8-12-23(22)24/h5-13,16,20,27H,14-15,17-19H2,1-4H3. The highest BCUT2D eigenvalue weighted by molar-refractivity contribution is 5.85. The fourth-order valence-electron chi connectivity index (χ4n) is 3.89. The molecule has 1 N–H and O–H groups in total. The number of carbonyl (C=O) groups excluding carboxylic acids is 2. The van der Waals surface area contributed by atoms with Crippen LogP contribution in [-0.2, 0) is 17.8 Å². The number of para-hydroxylation sites is 1. The van der Waals surface area contributed by atoms with Crippen LogP contribution in [-0.4, -0.2) is 65.4 Å². The molecule has 3 rings (SSSR count). The number of benzene rings is 2. The summed E-state index contributed by atoms with van der Waals surface area (Å²) in [4.78, 5) is 34.4. The first-order valence-electron chi connectivity index (χ1n) is 11.2. The van der Waals surface area contributed by atoms with Gasteiger partial charge in [-0.3, -0.25) is 4.79 Å². The fraction of sp³-hybridized carbons (Fsp3) is 0.385. The number of aromatic nitrogens is 1. The number of rotatable bonds is 9. The second-order valence-corrected chi connectivity index (χ2v) is 8.86. The van der Waals surface area contributed by atoms with Crippen molar-refractivity contribution < 1.29 is 9.59 Å². The van der Waals surface area contributed by atoms with Gasteiger partial charge in [0.1, 0.15) is 6.54 Å². The van der Waals surface area contributed by atoms with Crippen LogP contribution in [0.2, 0.25) is 0 Å². The highest BCUT2D eigenvalue weighted by atomic mass is 16.2. The third-order valence-corrected chi connectivity index (χ3v) is 5.46. The molecule has 0 atom stereocenters. The number of nitrogens with one attached hydrogen (secondary N) is 1. The Kier molecular flexibility index (Phi) is 7.92. The van der Waals surface area contributed by atoms with Gasteiger partial charge in [0.25, 0.3) is 0 Å². The van der Waals surface area contributed by atoms with Gasteiger partial charge in [0.2, 0.25) is 5.91 Å². The SMILES string of the molecule is CC(C)CN(CC(=O)N(CCc1c[nH]c2ccccc12)Cc1ccccc1)C(=O)N(C)C. The van der Waals surface area contributed by atoms with Gasteiger partial charge in [-0.2, -0.15) is 0 Å². The molecule has 0 saturated heterocycles. The van der Waals surface area contributed by atoms with Gasteiger partial charge in [-0.25, -0.2) is 4.79 Å². The Hall–Kier alpha value is -3.28. The lowest BCUT2D eigenvalue weighted by Crippen LogP contribution is -2.47. The number of aromatic amines is 1. The lowest BCUT2D eigenvalue weighted by atomic mass is 10.1. The Morgan fingerprint density at radius 3 is 2.31 bits per heavy atom. The van der Waals surface area contributed by atoms with Gasteiger partial charge in [-0.1, -0.05) is 62.4 Å². The average molecular weight is 435 g/mol. The van der Waals surface area contributed by atoms with E-state index in [-0.39, 0.29) is 24.4 Å². The molecule has 0 aliphatic heterocycles. The summed E-state index contributed by atoms with van der Waals surface area (Å²) in [6.07, 6.45) is 2.77. The van der Waals surface area contributed by atoms with Crippen molar-refractivity contribution in [1.29, 1.82) is 0 Å². The van der Waals surface area contributed by atoms with Crippen molar-refractivity contribution in [1.82, 2.24) is 19.7 Å². The molecule has 6 nitrogen and oxygen atoms in total. The van der Waals surface area contributed by atoms with Gasteiger partial charge < -0.3 is 19.7 Å². The molecule has 3 aromatic rings. The molecule has 0 aliphatic carbocycles. The molecule has 0 saturated carbocycles. The fourth-order valence-corrected chi connectivity index (χ4v) is 3.89. The van der Waals surface area contributed by atoms with Gasteiger partial charge in [-0.05, 0) is 29.5 Å². The first-order valence-corrected chi connectivity index (χ1v) is 11.2. The smallest absolute Gasteiger partial charge is 0.319 e. The quantitative estimate of drug-likeness (QED) is 0.543. The van der Waals surface area contributed by atoms with Crippen LogP contribution in [0.25, 0.3) is 10.9 Å². The van der Waals surface area contributed by atoms with E-state index in [4.69, 9.17) is 0 Å². The minimum atomic E-state index is -0.136. The van der Waals surface area contributed by atoms with Crippen LogP contribution in [0, 0.1) is 5.92 Å². The van der Waals surface area contributed by atoms with Crippen molar-refractivity contribution in [2.24, 2.45) is 5.92 Å². The maximum absolute atomic E-state index is 13.4. The lowest BCUT2D eigenvalue weighted by molar-refractivity contribution is -0.132. The van der Waals surface area contributed by atoms with E-state index in [0.29, 0.717) is 19.6 Å². The third kappa shape index (κ3) is 6.13. The maximum Gasteiger partial charge on any atom is 0.319 e. The van der Waals surface area contributed by atoms with Crippen molar-refractivity contribution in [3.8, 4) is 0 Å². The number of H-pyrrole nitrogens is 1. The summed E-state index contributed by atoms with van der Waals surface area (Å²) in [6, 6.07) is 18.1. The van der Waals surface area contributed by atoms with Gasteiger partial charge in [0, 0.05) is 50.8 Å². The number of hydrogen-bond donors (Lipinski definition) is 1. The average Bonchev–Trinajstić information content (AvgIpc) is 3.19. The van der Waals surface area contributed by atoms with Crippen molar-refractivity contribution in [2.45, 2.75) is 26.8 Å². The molecule has 32 heavy (non-hydrogen) atoms. The summed E-state index contributed by atoms with van der Waals surface area (Å²) in [5.41, 5.74) is 3.37. The molecule has 0 spiro atoms. The number of nitrogens with zero attached hydrogens (tertiary/aromatic N) is 3. The molecule has 3 amide bonds. The van der Waals surface area contributed by atoms with Crippen LogP contribution < -0.4 is 0 Å². The Bertz CT molecular complexity index is 1030. The van der Waals surface area contributed by atoms with E-state index in [2.05, 4.69) is 31.0 Å². The molecule has 0 aliphatic rings. The first kappa shape index (κ1) is 23.4. The van der Waals surface area contributed by atoms with Crippen LogP contribution in [0.4, 0.5) is 4.79 Å². The van der Waals surface area contributed by atoms with Gasteiger partial charge in [0.15, 0.2) is 0 Å². The summed E-state index contributed by atoms with van der Waals surface area (Å²) in [5.74, 6) is 0.241. The Morgan fingerprint density at radius 2 is 1.62 bits per heavy atom. The van der Waals surface area contributed by atoms with E-state index >= 15 is 0 Å². The molecule has 1 heterocycles. The third-order valence-electron chi connectivity index (χ3n) is 5.46. The monoisotopic (exact) mass is 434 g/mol. The second-order valence-electron chi connectivity index (χ2n) is 8.86. The number of carbonyl (C=O) groups is 2. The van der Waals surface area contributed by atoms with Crippen molar-refractivity contribution in [3.05, 3.63) is 71.9 Å². The van der Waals surface area contributed by atoms with Crippen LogP contribution in [0.15, 0.2) is 60.8 Å². The zero-order chi connectivity index (χ0) is 23.1. The van der Waals surface area contributed by atoms with E-state index in [1.807, 2.05) is 53.6 Å². The minimum Gasteiger partial charge on any atom is -0.361 e. The van der Waals surface area contributed by atoms with Gasteiger partial charge in [0.05, 0.1) is 0 Å². The van der Waals surface area contributed by atoms with E-state index in [9.17, 15) is 9.59 Å². The number of urea groups is 1. The highest BCUT2D eigenvalue weighted by Gasteiger charge is 2.23. The Balaban J connectivity index is 1.77. The van der Waals surface area contributed by atoms with E-state index in [1.54, 1.807) is 19.0 Å². The van der Waals surface area contributed by atoms with Crippen molar-refractivity contribution >= 4 is 22.8 Å². The molecule has 2 aromatic carbocycles. The lowest BCUT2D eigenvalue weighted by Gasteiger charge is -2.30. The molecule has 0 fully saturated rings. The molecule has 1 aromatic heterocycles. The molecule has 0 radical (unpaired) electrons. The Labute approximate surface area is 190 Å². The summed E-state index contributed by atoms with van der Waals surface area (Å²) in [5, 5.41) is 1.18. The predicted molar refractivity (Wildman–Crippen MR) is 129 cm³/mol. The minimum absolute atomic E-state index is 0.0375. The maximum atomic E-state index is 13.4. The van der Waals surface area contributed by atoms with Crippen molar-refractivity contribution in [3.63, 3.8) is 0 Å². The summed E-state index contributed by atoms with van der Waals surface area (Å²) >= 11 is 0. The molecule has 0 bridgehead atoms. The molecular formula is C26H34N4O2. The number of hydrogen-bond acceptors (Lipinski definition) is 2. The molecular weight excluding hydrogens is 400 g/mol. The molecule has 170 valence electrons. The van der Waals surface area contributed by atoms with Crippen LogP contribution in [0.5, 0.6) is 0 Å². The van der Waals surface area contributed by atoms with Gasteiger partial charge >= 0.3 is 6.03 Å². The Morgan fingerprint density at radius 1 is 0.938 bits per heavy atom. The largest absolute Gasteiger partial charge is 0.361 e. The zero-order valence-corrected chi connectivity index (χ0v) is 19.5. The van der Waals surface area contributed by atoms with E-state index < -0.39 is 0 Å². The van der Waals surface area contributed by atoms with Gasteiger partial charge in [-0.15, -0.1) is 0 Å². The highest BCUT2D eigenvalue weighted by Crippen LogP contribution is 2.19.